The fraction of sp³-hybridized carbons (Fsp3) is 0.517. The summed E-state index contributed by atoms with van der Waals surface area (Å²) < 4.78 is 22.5. The van der Waals surface area contributed by atoms with Crippen molar-refractivity contribution in [2.24, 2.45) is 0 Å². The van der Waals surface area contributed by atoms with Crippen molar-refractivity contribution >= 4 is 51.6 Å². The predicted molar refractivity (Wildman–Crippen MR) is 163 cm³/mol. The van der Waals surface area contributed by atoms with Gasteiger partial charge in [-0.15, -0.1) is 0 Å². The van der Waals surface area contributed by atoms with Crippen molar-refractivity contribution in [1.29, 1.82) is 0 Å². The number of nitrogens with zero attached hydrogens (tertiary/aromatic N) is 4. The Morgan fingerprint density at radius 1 is 1.07 bits per heavy atom. The van der Waals surface area contributed by atoms with E-state index >= 15 is 0 Å². The highest BCUT2D eigenvalue weighted by atomic mass is 35.5. The summed E-state index contributed by atoms with van der Waals surface area (Å²) in [5, 5.41) is 7.86. The number of anilines is 2. The minimum Gasteiger partial charge on any atom is -0.495 e. The van der Waals surface area contributed by atoms with Gasteiger partial charge in [0, 0.05) is 45.2 Å². The smallest absolute Gasteiger partial charge is 0.217 e. The van der Waals surface area contributed by atoms with Crippen molar-refractivity contribution in [3.8, 4) is 22.9 Å². The molecule has 1 aromatic carbocycles. The number of pyridine rings is 1. The molecule has 0 aliphatic carbocycles. The lowest BCUT2D eigenvalue weighted by molar-refractivity contribution is -0.120. The number of hydrogen-bond donors (Lipinski definition) is 2. The minimum absolute atomic E-state index is 0.0759. The van der Waals surface area contributed by atoms with Gasteiger partial charge in [0.15, 0.2) is 5.82 Å². The third-order valence-electron chi connectivity index (χ3n) is 8.05. The molecule has 0 bridgehead atoms. The maximum atomic E-state index is 11.8. The summed E-state index contributed by atoms with van der Waals surface area (Å²) in [4.78, 5) is 28.6. The Balaban J connectivity index is 1.60. The molecule has 1 amide bonds. The highest BCUT2D eigenvalue weighted by Crippen LogP contribution is 2.46. The molecule has 0 radical (unpaired) electrons. The van der Waals surface area contributed by atoms with Crippen LogP contribution in [-0.2, 0) is 14.3 Å². The quantitative estimate of drug-likeness (QED) is 0.366. The van der Waals surface area contributed by atoms with Gasteiger partial charge in [0.05, 0.1) is 65.8 Å². The molecule has 13 heteroatoms. The molecule has 2 aliphatic rings. The van der Waals surface area contributed by atoms with Gasteiger partial charge in [-0.3, -0.25) is 4.79 Å². The number of carbonyl (C=O) groups is 1. The van der Waals surface area contributed by atoms with E-state index in [9.17, 15) is 4.79 Å². The zero-order valence-electron chi connectivity index (χ0n) is 24.4. The fourth-order valence-corrected chi connectivity index (χ4v) is 6.10. The Hall–Kier alpha value is -3.12. The van der Waals surface area contributed by atoms with Crippen molar-refractivity contribution in [3.63, 3.8) is 0 Å². The first-order valence-corrected chi connectivity index (χ1v) is 14.6. The van der Waals surface area contributed by atoms with E-state index in [4.69, 9.17) is 52.1 Å². The second-order valence-corrected chi connectivity index (χ2v) is 11.6. The second-order valence-electron chi connectivity index (χ2n) is 10.8. The molecule has 42 heavy (non-hydrogen) atoms. The fourth-order valence-electron chi connectivity index (χ4n) is 5.43. The van der Waals surface area contributed by atoms with E-state index < -0.39 is 0 Å². The van der Waals surface area contributed by atoms with Gasteiger partial charge in [0.25, 0.3) is 0 Å². The standard InChI is InChI=1S/C29H36Cl2N6O5/c1-16(38)33-18-6-11-42-15-20(18)34-23-12-17-19(14-32-23)35-27(24-25(30)21(39-3)13-22(40-4)26(24)31)36-28(17)37-9-7-29(2,41-5)8-10-37/h12-14,18,20H,6-11,15H2,1-5H3,(H,32,34)(H,33,38)/t18-,20+/m0/s1. The maximum Gasteiger partial charge on any atom is 0.217 e. The average molecular weight is 620 g/mol. The molecule has 226 valence electrons. The van der Waals surface area contributed by atoms with Crippen molar-refractivity contribution < 1.29 is 23.7 Å². The molecule has 4 heterocycles. The number of rotatable bonds is 8. The van der Waals surface area contributed by atoms with E-state index in [0.29, 0.717) is 53.9 Å². The Labute approximate surface area is 255 Å². The molecule has 11 nitrogen and oxygen atoms in total. The molecular weight excluding hydrogens is 583 g/mol. The highest BCUT2D eigenvalue weighted by Gasteiger charge is 2.32. The van der Waals surface area contributed by atoms with Gasteiger partial charge in [0.2, 0.25) is 5.91 Å². The zero-order chi connectivity index (χ0) is 30.0. The summed E-state index contributed by atoms with van der Waals surface area (Å²) in [5.74, 6) is 2.40. The van der Waals surface area contributed by atoms with Crippen LogP contribution in [-0.4, -0.2) is 86.2 Å². The van der Waals surface area contributed by atoms with Gasteiger partial charge < -0.3 is 34.5 Å². The molecule has 2 aliphatic heterocycles. The third-order valence-corrected chi connectivity index (χ3v) is 8.80. The van der Waals surface area contributed by atoms with Crippen LogP contribution in [0.15, 0.2) is 18.3 Å². The first-order chi connectivity index (χ1) is 20.2. The predicted octanol–water partition coefficient (Wildman–Crippen LogP) is 4.73. The van der Waals surface area contributed by atoms with Gasteiger partial charge in [-0.2, -0.15) is 0 Å². The molecule has 5 rings (SSSR count). The Morgan fingerprint density at radius 2 is 1.76 bits per heavy atom. The number of hydrogen-bond acceptors (Lipinski definition) is 10. The molecule has 2 N–H and O–H groups in total. The average Bonchev–Trinajstić information content (AvgIpc) is 2.98. The van der Waals surface area contributed by atoms with Gasteiger partial charge in [-0.1, -0.05) is 23.2 Å². The molecule has 0 unspecified atom stereocenters. The maximum absolute atomic E-state index is 11.8. The lowest BCUT2D eigenvalue weighted by Gasteiger charge is -2.39. The monoisotopic (exact) mass is 618 g/mol. The zero-order valence-corrected chi connectivity index (χ0v) is 25.9. The second kappa shape index (κ2) is 12.6. The molecule has 2 fully saturated rings. The highest BCUT2D eigenvalue weighted by molar-refractivity contribution is 6.41. The molecular formula is C29H36Cl2N6O5. The summed E-state index contributed by atoms with van der Waals surface area (Å²) in [7, 11) is 4.80. The van der Waals surface area contributed by atoms with Gasteiger partial charge >= 0.3 is 0 Å². The van der Waals surface area contributed by atoms with Crippen LogP contribution in [0.1, 0.15) is 33.1 Å². The SMILES string of the molecule is COc1cc(OC)c(Cl)c(-c2nc(N3CCC(C)(OC)CC3)c3cc(N[C@@H]4COCC[C@@H]4NC(C)=O)ncc3n2)c1Cl. The van der Waals surface area contributed by atoms with Gasteiger partial charge in [-0.25, -0.2) is 15.0 Å². The first-order valence-electron chi connectivity index (χ1n) is 13.9. The van der Waals surface area contributed by atoms with Crippen molar-refractivity contribution in [2.75, 3.05) is 57.8 Å². The lowest BCUT2D eigenvalue weighted by atomic mass is 9.93. The summed E-state index contributed by atoms with van der Waals surface area (Å²) >= 11 is 13.5. The number of fused-ring (bicyclic) bond motifs is 1. The van der Waals surface area contributed by atoms with E-state index in [1.165, 1.54) is 21.1 Å². The molecule has 0 saturated carbocycles. The Morgan fingerprint density at radius 3 is 2.38 bits per heavy atom. The van der Waals surface area contributed by atoms with Crippen LogP contribution in [0.25, 0.3) is 22.3 Å². The summed E-state index contributed by atoms with van der Waals surface area (Å²) in [6.45, 7) is 6.13. The first kappa shape index (κ1) is 30.3. The van der Waals surface area contributed by atoms with Crippen LogP contribution in [0.4, 0.5) is 11.6 Å². The number of nitrogens with one attached hydrogen (secondary N) is 2. The van der Waals surface area contributed by atoms with E-state index in [-0.39, 0.29) is 33.6 Å². The van der Waals surface area contributed by atoms with Crippen LogP contribution in [0.2, 0.25) is 10.0 Å². The van der Waals surface area contributed by atoms with Crippen LogP contribution in [0.5, 0.6) is 11.5 Å². The van der Waals surface area contributed by atoms with Crippen LogP contribution in [0.3, 0.4) is 0 Å². The van der Waals surface area contributed by atoms with Crippen molar-refractivity contribution in [1.82, 2.24) is 20.3 Å². The minimum atomic E-state index is -0.205. The van der Waals surface area contributed by atoms with Crippen LogP contribution in [0, 0.1) is 0 Å². The third kappa shape index (κ3) is 6.15. The summed E-state index contributed by atoms with van der Waals surface area (Å²) in [6, 6.07) is 3.35. The largest absolute Gasteiger partial charge is 0.495 e. The Kier molecular flexibility index (Phi) is 9.12. The number of halogens is 2. The van der Waals surface area contributed by atoms with E-state index in [1.807, 2.05) is 6.07 Å². The number of amides is 1. The number of methoxy groups -OCH3 is 3. The van der Waals surface area contributed by atoms with Crippen molar-refractivity contribution in [2.45, 2.75) is 50.8 Å². The topological polar surface area (TPSA) is 120 Å². The number of piperidine rings is 1. The normalized spacial score (nSPS) is 20.3. The molecule has 3 aromatic rings. The number of carbonyl (C=O) groups excluding carboxylic acids is 1. The number of benzene rings is 1. The van der Waals surface area contributed by atoms with E-state index in [0.717, 1.165) is 37.1 Å². The van der Waals surface area contributed by atoms with Crippen molar-refractivity contribution in [3.05, 3.63) is 28.4 Å². The van der Waals surface area contributed by atoms with Gasteiger partial charge in [0.1, 0.15) is 23.1 Å². The van der Waals surface area contributed by atoms with E-state index in [2.05, 4.69) is 27.4 Å². The van der Waals surface area contributed by atoms with Crippen LogP contribution < -0.4 is 25.0 Å². The number of aromatic nitrogens is 3. The molecule has 2 aromatic heterocycles. The van der Waals surface area contributed by atoms with Crippen LogP contribution >= 0.6 is 23.2 Å². The number of ether oxygens (including phenoxy) is 4. The molecule has 0 spiro atoms. The molecule has 2 saturated heterocycles. The Bertz CT molecular complexity index is 1440. The summed E-state index contributed by atoms with van der Waals surface area (Å²) in [6.07, 6.45) is 4.06. The molecule has 2 atom stereocenters. The summed E-state index contributed by atoms with van der Waals surface area (Å²) in [5.41, 5.74) is 0.826. The lowest BCUT2D eigenvalue weighted by Crippen LogP contribution is -2.51. The van der Waals surface area contributed by atoms with Gasteiger partial charge in [-0.05, 0) is 32.3 Å². The van der Waals surface area contributed by atoms with E-state index in [1.54, 1.807) is 19.4 Å².